The van der Waals surface area contributed by atoms with Crippen molar-refractivity contribution in [2.45, 2.75) is 32.1 Å². The van der Waals surface area contributed by atoms with Gasteiger partial charge in [-0.2, -0.15) is 0 Å². The quantitative estimate of drug-likeness (QED) is 0.743. The minimum absolute atomic E-state index is 0.784. The van der Waals surface area contributed by atoms with Crippen molar-refractivity contribution in [3.8, 4) is 0 Å². The van der Waals surface area contributed by atoms with Gasteiger partial charge in [0, 0.05) is 32.7 Å². The molecular weight excluding hydrogens is 176 g/mol. The third-order valence-electron chi connectivity index (χ3n) is 3.03. The molecule has 1 saturated heterocycles. The Morgan fingerprint density at radius 1 is 1.43 bits per heavy atom. The molecule has 0 aliphatic carbocycles. The third kappa shape index (κ3) is 2.98. The average Bonchev–Trinajstić information content (AvgIpc) is 2.72. The van der Waals surface area contributed by atoms with E-state index in [-0.39, 0.29) is 0 Å². The first-order chi connectivity index (χ1) is 6.95. The van der Waals surface area contributed by atoms with Crippen LogP contribution in [0.1, 0.15) is 32.1 Å². The Balaban J connectivity index is 1.59. The number of nitrogens with one attached hydrogen (secondary N) is 1. The standard InChI is InChI=1S/C11H20N2O/c1-2-6-12-11(3-1)13-7-4-10-5-8-14-9-10/h10H,1-9H2,(H,12,13). The summed E-state index contributed by atoms with van der Waals surface area (Å²) in [5.41, 5.74) is 0. The van der Waals surface area contributed by atoms with Crippen LogP contribution in [0.2, 0.25) is 0 Å². The van der Waals surface area contributed by atoms with Gasteiger partial charge in [0.1, 0.15) is 0 Å². The molecule has 1 atom stereocenters. The fourth-order valence-corrected chi connectivity index (χ4v) is 2.07. The number of rotatable bonds is 3. The number of nitrogens with zero attached hydrogens (tertiary/aromatic N) is 1. The molecule has 1 fully saturated rings. The van der Waals surface area contributed by atoms with E-state index in [1.54, 1.807) is 0 Å². The van der Waals surface area contributed by atoms with Gasteiger partial charge in [-0.15, -0.1) is 0 Å². The summed E-state index contributed by atoms with van der Waals surface area (Å²) < 4.78 is 5.34. The lowest BCUT2D eigenvalue weighted by molar-refractivity contribution is 0.184. The Hall–Kier alpha value is -0.570. The number of hydrogen-bond acceptors (Lipinski definition) is 3. The highest BCUT2D eigenvalue weighted by Crippen LogP contribution is 2.15. The number of aliphatic imine (C=N–C) groups is 1. The zero-order chi connectivity index (χ0) is 9.64. The van der Waals surface area contributed by atoms with Crippen LogP contribution >= 0.6 is 0 Å². The minimum Gasteiger partial charge on any atom is -0.381 e. The zero-order valence-corrected chi connectivity index (χ0v) is 8.80. The molecule has 2 aliphatic heterocycles. The van der Waals surface area contributed by atoms with Gasteiger partial charge in [0.25, 0.3) is 0 Å². The summed E-state index contributed by atoms with van der Waals surface area (Å²) >= 11 is 0. The fraction of sp³-hybridized carbons (Fsp3) is 0.909. The highest BCUT2D eigenvalue weighted by Gasteiger charge is 2.15. The maximum Gasteiger partial charge on any atom is 0.0963 e. The fourth-order valence-electron chi connectivity index (χ4n) is 2.07. The second-order valence-corrected chi connectivity index (χ2v) is 4.23. The van der Waals surface area contributed by atoms with Gasteiger partial charge < -0.3 is 10.1 Å². The Morgan fingerprint density at radius 3 is 3.14 bits per heavy atom. The predicted octanol–water partition coefficient (Wildman–Crippen LogP) is 1.58. The molecule has 0 amide bonds. The van der Waals surface area contributed by atoms with Crippen molar-refractivity contribution < 1.29 is 4.74 Å². The van der Waals surface area contributed by atoms with Gasteiger partial charge >= 0.3 is 0 Å². The van der Waals surface area contributed by atoms with E-state index < -0.39 is 0 Å². The van der Waals surface area contributed by atoms with Gasteiger partial charge in [-0.1, -0.05) is 0 Å². The molecule has 0 aromatic rings. The second kappa shape index (κ2) is 5.35. The smallest absolute Gasteiger partial charge is 0.0963 e. The highest BCUT2D eigenvalue weighted by molar-refractivity contribution is 5.82. The van der Waals surface area contributed by atoms with Crippen molar-refractivity contribution in [2.75, 3.05) is 26.3 Å². The van der Waals surface area contributed by atoms with Crippen molar-refractivity contribution in [3.63, 3.8) is 0 Å². The van der Waals surface area contributed by atoms with Gasteiger partial charge in [0.15, 0.2) is 0 Å². The Kier molecular flexibility index (Phi) is 3.80. The van der Waals surface area contributed by atoms with Crippen molar-refractivity contribution in [3.05, 3.63) is 0 Å². The monoisotopic (exact) mass is 196 g/mol. The molecule has 2 rings (SSSR count). The summed E-state index contributed by atoms with van der Waals surface area (Å²) in [4.78, 5) is 4.47. The molecule has 0 saturated carbocycles. The Labute approximate surface area is 85.9 Å². The van der Waals surface area contributed by atoms with Gasteiger partial charge in [0.05, 0.1) is 5.84 Å². The first kappa shape index (κ1) is 9.97. The normalized spacial score (nSPS) is 27.4. The lowest BCUT2D eigenvalue weighted by Crippen LogP contribution is -2.28. The predicted molar refractivity (Wildman–Crippen MR) is 57.7 cm³/mol. The topological polar surface area (TPSA) is 33.6 Å². The van der Waals surface area contributed by atoms with E-state index in [1.807, 2.05) is 0 Å². The Bertz CT molecular complexity index is 197. The van der Waals surface area contributed by atoms with E-state index in [4.69, 9.17) is 4.74 Å². The molecule has 14 heavy (non-hydrogen) atoms. The first-order valence-corrected chi connectivity index (χ1v) is 5.80. The number of hydrogen-bond donors (Lipinski definition) is 1. The number of ether oxygens (including phenoxy) is 1. The second-order valence-electron chi connectivity index (χ2n) is 4.23. The van der Waals surface area contributed by atoms with Crippen molar-refractivity contribution in [2.24, 2.45) is 10.9 Å². The molecule has 1 N–H and O–H groups in total. The molecule has 0 spiro atoms. The van der Waals surface area contributed by atoms with Crippen LogP contribution in [0.25, 0.3) is 0 Å². The lowest BCUT2D eigenvalue weighted by atomic mass is 10.1. The van der Waals surface area contributed by atoms with Gasteiger partial charge in [0.2, 0.25) is 0 Å². The molecule has 3 heteroatoms. The molecule has 3 nitrogen and oxygen atoms in total. The summed E-state index contributed by atoms with van der Waals surface area (Å²) in [6.07, 6.45) is 6.20. The summed E-state index contributed by atoms with van der Waals surface area (Å²) in [7, 11) is 0. The van der Waals surface area contributed by atoms with Gasteiger partial charge in [-0.25, -0.2) is 0 Å². The first-order valence-electron chi connectivity index (χ1n) is 5.80. The largest absolute Gasteiger partial charge is 0.381 e. The molecular formula is C11H20N2O. The van der Waals surface area contributed by atoms with Crippen LogP contribution in [0.15, 0.2) is 4.99 Å². The van der Waals surface area contributed by atoms with Crippen LogP contribution in [0.3, 0.4) is 0 Å². The van der Waals surface area contributed by atoms with E-state index in [9.17, 15) is 0 Å². The van der Waals surface area contributed by atoms with Crippen LogP contribution in [0, 0.1) is 5.92 Å². The van der Waals surface area contributed by atoms with Crippen LogP contribution in [-0.4, -0.2) is 32.1 Å². The number of amidine groups is 1. The molecule has 0 bridgehead atoms. The summed E-state index contributed by atoms with van der Waals surface area (Å²) in [6, 6.07) is 0. The van der Waals surface area contributed by atoms with Gasteiger partial charge in [-0.05, 0) is 31.6 Å². The van der Waals surface area contributed by atoms with E-state index >= 15 is 0 Å². The summed E-state index contributed by atoms with van der Waals surface area (Å²) in [5.74, 6) is 2.02. The maximum absolute atomic E-state index is 5.34. The Morgan fingerprint density at radius 2 is 2.43 bits per heavy atom. The SMILES string of the molecule is C1CCC(NCCC2CCOC2)=NC1. The van der Waals surface area contributed by atoms with Crippen molar-refractivity contribution >= 4 is 5.84 Å². The molecule has 2 heterocycles. The summed E-state index contributed by atoms with van der Waals surface area (Å²) in [6.45, 7) is 4.03. The summed E-state index contributed by atoms with van der Waals surface area (Å²) in [5, 5.41) is 3.44. The van der Waals surface area contributed by atoms with E-state index in [1.165, 1.54) is 31.5 Å². The molecule has 80 valence electrons. The van der Waals surface area contributed by atoms with Crippen LogP contribution < -0.4 is 5.32 Å². The molecule has 2 aliphatic rings. The van der Waals surface area contributed by atoms with Crippen LogP contribution in [0.4, 0.5) is 0 Å². The molecule has 0 radical (unpaired) electrons. The zero-order valence-electron chi connectivity index (χ0n) is 8.80. The van der Waals surface area contributed by atoms with E-state index in [0.29, 0.717) is 0 Å². The van der Waals surface area contributed by atoms with Crippen LogP contribution in [-0.2, 0) is 4.74 Å². The maximum atomic E-state index is 5.34. The van der Waals surface area contributed by atoms with E-state index in [0.717, 1.165) is 38.6 Å². The highest BCUT2D eigenvalue weighted by atomic mass is 16.5. The average molecular weight is 196 g/mol. The lowest BCUT2D eigenvalue weighted by Gasteiger charge is -2.15. The van der Waals surface area contributed by atoms with Gasteiger partial charge in [-0.3, -0.25) is 4.99 Å². The third-order valence-corrected chi connectivity index (χ3v) is 3.03. The van der Waals surface area contributed by atoms with Crippen molar-refractivity contribution in [1.29, 1.82) is 0 Å². The van der Waals surface area contributed by atoms with E-state index in [2.05, 4.69) is 10.3 Å². The molecule has 0 aromatic carbocycles. The molecule has 0 aromatic heterocycles. The van der Waals surface area contributed by atoms with Crippen molar-refractivity contribution in [1.82, 2.24) is 5.32 Å². The molecule has 1 unspecified atom stereocenters. The minimum atomic E-state index is 0.784. The van der Waals surface area contributed by atoms with Crippen LogP contribution in [0.5, 0.6) is 0 Å².